The first kappa shape index (κ1) is 19.8. The molecule has 1 aromatic heterocycles. The molecule has 0 aliphatic heterocycles. The van der Waals surface area contributed by atoms with Crippen molar-refractivity contribution >= 4 is 64.3 Å². The van der Waals surface area contributed by atoms with Crippen molar-refractivity contribution in [1.29, 1.82) is 0 Å². The largest absolute Gasteiger partial charge is 0.452 e. The number of aromatic nitrogens is 1. The maximum atomic E-state index is 12.1. The van der Waals surface area contributed by atoms with Gasteiger partial charge >= 0.3 is 5.97 Å². The van der Waals surface area contributed by atoms with E-state index in [1.807, 2.05) is 6.07 Å². The smallest absolute Gasteiger partial charge is 0.317 e. The molecule has 132 valence electrons. The summed E-state index contributed by atoms with van der Waals surface area (Å²) in [4.78, 5) is 28.6. The number of rotatable bonds is 6. The Morgan fingerprint density at radius 3 is 2.64 bits per heavy atom. The fourth-order valence-corrected chi connectivity index (χ4v) is 3.16. The molecule has 25 heavy (non-hydrogen) atoms. The SMILES string of the molecule is CC(OC(=O)CSc1ccccc1Cl)C(=O)Nc1ncc(Cl)cc1Cl. The van der Waals surface area contributed by atoms with Crippen molar-refractivity contribution < 1.29 is 14.3 Å². The number of hydrogen-bond donors (Lipinski definition) is 1. The summed E-state index contributed by atoms with van der Waals surface area (Å²) < 4.78 is 5.10. The number of hydrogen-bond acceptors (Lipinski definition) is 5. The van der Waals surface area contributed by atoms with Gasteiger partial charge in [0.1, 0.15) is 0 Å². The van der Waals surface area contributed by atoms with Gasteiger partial charge in [-0.25, -0.2) is 4.98 Å². The number of thioether (sulfide) groups is 1. The molecule has 0 spiro atoms. The molecule has 1 N–H and O–H groups in total. The molecular weight excluding hydrogens is 407 g/mol. The highest BCUT2D eigenvalue weighted by molar-refractivity contribution is 8.00. The summed E-state index contributed by atoms with van der Waals surface area (Å²) in [6.07, 6.45) is 0.341. The van der Waals surface area contributed by atoms with Crippen LogP contribution in [0.4, 0.5) is 5.82 Å². The van der Waals surface area contributed by atoms with Gasteiger partial charge in [-0.2, -0.15) is 0 Å². The lowest BCUT2D eigenvalue weighted by Crippen LogP contribution is -2.30. The van der Waals surface area contributed by atoms with Gasteiger partial charge in [-0.15, -0.1) is 11.8 Å². The van der Waals surface area contributed by atoms with Crippen LogP contribution in [0.1, 0.15) is 6.92 Å². The Hall–Kier alpha value is -1.47. The number of benzene rings is 1. The van der Waals surface area contributed by atoms with Crippen LogP contribution >= 0.6 is 46.6 Å². The normalized spacial score (nSPS) is 11.7. The number of carbonyl (C=O) groups excluding carboxylic acids is 2. The van der Waals surface area contributed by atoms with Crippen molar-refractivity contribution in [2.45, 2.75) is 17.9 Å². The van der Waals surface area contributed by atoms with Crippen LogP contribution in [0.2, 0.25) is 15.1 Å². The monoisotopic (exact) mass is 418 g/mol. The maximum Gasteiger partial charge on any atom is 0.317 e. The highest BCUT2D eigenvalue weighted by Crippen LogP contribution is 2.26. The second-order valence-corrected chi connectivity index (χ2v) is 7.09. The van der Waals surface area contributed by atoms with Crippen LogP contribution in [0.5, 0.6) is 0 Å². The summed E-state index contributed by atoms with van der Waals surface area (Å²) in [6.45, 7) is 1.46. The molecule has 0 aliphatic rings. The van der Waals surface area contributed by atoms with Crippen LogP contribution in [0.3, 0.4) is 0 Å². The molecule has 5 nitrogen and oxygen atoms in total. The van der Waals surface area contributed by atoms with Gasteiger partial charge in [0, 0.05) is 11.1 Å². The predicted molar refractivity (Wildman–Crippen MR) is 101 cm³/mol. The number of nitrogens with one attached hydrogen (secondary N) is 1. The van der Waals surface area contributed by atoms with Gasteiger partial charge in [0.15, 0.2) is 11.9 Å². The van der Waals surface area contributed by atoms with Gasteiger partial charge < -0.3 is 10.1 Å². The third-order valence-corrected chi connectivity index (χ3v) is 4.89. The first-order valence-corrected chi connectivity index (χ1v) is 9.17. The molecule has 1 heterocycles. The fourth-order valence-electron chi connectivity index (χ4n) is 1.71. The minimum absolute atomic E-state index is 0.0291. The highest BCUT2D eigenvalue weighted by Gasteiger charge is 2.19. The van der Waals surface area contributed by atoms with Gasteiger partial charge in [-0.05, 0) is 25.1 Å². The van der Waals surface area contributed by atoms with Gasteiger partial charge in [0.2, 0.25) is 0 Å². The van der Waals surface area contributed by atoms with E-state index < -0.39 is 18.0 Å². The minimum atomic E-state index is -1.01. The van der Waals surface area contributed by atoms with Crippen molar-refractivity contribution in [2.75, 3.05) is 11.1 Å². The fraction of sp³-hybridized carbons (Fsp3) is 0.188. The summed E-state index contributed by atoms with van der Waals surface area (Å²) in [6, 6.07) is 8.59. The Balaban J connectivity index is 1.85. The van der Waals surface area contributed by atoms with Crippen LogP contribution in [0, 0.1) is 0 Å². The molecule has 0 radical (unpaired) electrons. The first-order chi connectivity index (χ1) is 11.9. The van der Waals surface area contributed by atoms with E-state index in [2.05, 4.69) is 10.3 Å². The average molecular weight is 420 g/mol. The van der Waals surface area contributed by atoms with Crippen LogP contribution < -0.4 is 5.32 Å². The molecule has 9 heteroatoms. The van der Waals surface area contributed by atoms with E-state index in [0.717, 1.165) is 4.90 Å². The number of ether oxygens (including phenoxy) is 1. The van der Waals surface area contributed by atoms with Crippen molar-refractivity contribution in [3.05, 3.63) is 51.6 Å². The lowest BCUT2D eigenvalue weighted by Gasteiger charge is -2.13. The Morgan fingerprint density at radius 1 is 1.24 bits per heavy atom. The number of pyridine rings is 1. The molecule has 2 rings (SSSR count). The molecular formula is C16H13Cl3N2O3S. The number of esters is 1. The van der Waals surface area contributed by atoms with E-state index >= 15 is 0 Å². The topological polar surface area (TPSA) is 68.3 Å². The van der Waals surface area contributed by atoms with Crippen molar-refractivity contribution in [3.8, 4) is 0 Å². The van der Waals surface area contributed by atoms with E-state index in [1.165, 1.54) is 30.9 Å². The number of nitrogens with zero attached hydrogens (tertiary/aromatic N) is 1. The molecule has 0 fully saturated rings. The van der Waals surface area contributed by atoms with E-state index in [1.54, 1.807) is 18.2 Å². The number of halogens is 3. The van der Waals surface area contributed by atoms with Crippen molar-refractivity contribution in [3.63, 3.8) is 0 Å². The summed E-state index contributed by atoms with van der Waals surface area (Å²) in [5.41, 5.74) is 0. The zero-order valence-corrected chi connectivity index (χ0v) is 16.0. The van der Waals surface area contributed by atoms with Crippen molar-refractivity contribution in [1.82, 2.24) is 4.98 Å². The van der Waals surface area contributed by atoms with Crippen LogP contribution in [0.15, 0.2) is 41.4 Å². The Kier molecular flexibility index (Phi) is 7.38. The van der Waals surface area contributed by atoms with Gasteiger partial charge in [0.25, 0.3) is 5.91 Å². The molecule has 0 bridgehead atoms. The molecule has 2 aromatic rings. The lowest BCUT2D eigenvalue weighted by atomic mass is 10.3. The quantitative estimate of drug-likeness (QED) is 0.543. The standard InChI is InChI=1S/C16H13Cl3N2O3S/c1-9(16(23)21-15-12(19)6-10(17)7-20-15)24-14(22)8-25-13-5-3-2-4-11(13)18/h2-7,9H,8H2,1H3,(H,20,21,23). The second-order valence-electron chi connectivity index (χ2n) is 4.82. The summed E-state index contributed by atoms with van der Waals surface area (Å²) in [5, 5.41) is 3.57. The van der Waals surface area contributed by atoms with E-state index in [0.29, 0.717) is 10.0 Å². The summed E-state index contributed by atoms with van der Waals surface area (Å²) in [5.74, 6) is -0.915. The minimum Gasteiger partial charge on any atom is -0.452 e. The molecule has 1 amide bonds. The summed E-state index contributed by atoms with van der Waals surface area (Å²) in [7, 11) is 0. The zero-order valence-electron chi connectivity index (χ0n) is 13.0. The molecule has 0 saturated heterocycles. The van der Waals surface area contributed by atoms with Crippen LogP contribution in [-0.2, 0) is 14.3 Å². The Morgan fingerprint density at radius 2 is 1.96 bits per heavy atom. The molecule has 0 saturated carbocycles. The maximum absolute atomic E-state index is 12.1. The number of carbonyl (C=O) groups is 2. The van der Waals surface area contributed by atoms with E-state index in [-0.39, 0.29) is 16.6 Å². The van der Waals surface area contributed by atoms with Crippen LogP contribution in [-0.4, -0.2) is 28.7 Å². The second kappa shape index (κ2) is 9.29. The van der Waals surface area contributed by atoms with Crippen molar-refractivity contribution in [2.24, 2.45) is 0 Å². The molecule has 1 aromatic carbocycles. The first-order valence-electron chi connectivity index (χ1n) is 7.05. The van der Waals surface area contributed by atoms with Crippen LogP contribution in [0.25, 0.3) is 0 Å². The third kappa shape index (κ3) is 6.08. The average Bonchev–Trinajstić information content (AvgIpc) is 2.56. The third-order valence-electron chi connectivity index (χ3n) is 2.91. The number of anilines is 1. The Labute approximate surface area is 164 Å². The molecule has 1 atom stereocenters. The lowest BCUT2D eigenvalue weighted by molar-refractivity contribution is -0.150. The van der Waals surface area contributed by atoms with E-state index in [4.69, 9.17) is 39.5 Å². The van der Waals surface area contributed by atoms with E-state index in [9.17, 15) is 9.59 Å². The Bertz CT molecular complexity index is 789. The highest BCUT2D eigenvalue weighted by atomic mass is 35.5. The number of amides is 1. The van der Waals surface area contributed by atoms with Gasteiger partial charge in [0.05, 0.1) is 20.8 Å². The molecule has 1 unspecified atom stereocenters. The van der Waals surface area contributed by atoms with Gasteiger partial charge in [-0.3, -0.25) is 9.59 Å². The summed E-state index contributed by atoms with van der Waals surface area (Å²) >= 11 is 18.9. The van der Waals surface area contributed by atoms with Gasteiger partial charge in [-0.1, -0.05) is 46.9 Å². The zero-order chi connectivity index (χ0) is 18.4. The molecule has 0 aliphatic carbocycles. The predicted octanol–water partition coefficient (Wildman–Crippen LogP) is 4.70.